The lowest BCUT2D eigenvalue weighted by atomic mass is 9.70. The Morgan fingerprint density at radius 3 is 2.63 bits per heavy atom. The lowest BCUT2D eigenvalue weighted by molar-refractivity contribution is 0.0954. The number of nitrogens with zero attached hydrogens (tertiary/aromatic N) is 4. The van der Waals surface area contributed by atoms with Gasteiger partial charge in [-0.3, -0.25) is 4.79 Å². The Morgan fingerprint density at radius 2 is 1.93 bits per heavy atom. The fourth-order valence-corrected chi connectivity index (χ4v) is 5.25. The maximum atomic E-state index is 12.6. The molecule has 2 fully saturated rings. The van der Waals surface area contributed by atoms with Gasteiger partial charge in [-0.2, -0.15) is 5.10 Å². The third-order valence-electron chi connectivity index (χ3n) is 7.77. The normalized spacial score (nSPS) is 25.8. The molecule has 2 aromatic carbocycles. The highest BCUT2D eigenvalue weighted by Gasteiger charge is 2.60. The number of rotatable bonds is 4. The summed E-state index contributed by atoms with van der Waals surface area (Å²) in [6, 6.07) is 15.5. The quantitative estimate of drug-likeness (QED) is 0.658. The molecule has 1 heterocycles. The molecule has 2 atom stereocenters. The minimum atomic E-state index is -0.163. The Bertz CT molecular complexity index is 1140. The van der Waals surface area contributed by atoms with Gasteiger partial charge in [-0.25, -0.2) is 10.1 Å². The summed E-state index contributed by atoms with van der Waals surface area (Å²) in [6.45, 7) is 7.59. The molecule has 154 valence electrons. The highest BCUT2D eigenvalue weighted by Crippen LogP contribution is 2.63. The zero-order chi connectivity index (χ0) is 20.9. The maximum absolute atomic E-state index is 12.6. The Balaban J connectivity index is 1.27. The van der Waals surface area contributed by atoms with Crippen molar-refractivity contribution in [3.05, 3.63) is 59.7 Å². The van der Waals surface area contributed by atoms with Crippen molar-refractivity contribution in [2.24, 2.45) is 21.8 Å². The van der Waals surface area contributed by atoms with Crippen LogP contribution in [0, 0.1) is 16.7 Å². The van der Waals surface area contributed by atoms with Crippen LogP contribution in [-0.4, -0.2) is 26.6 Å². The molecule has 0 radical (unpaired) electrons. The molecular weight excluding hydrogens is 374 g/mol. The fraction of sp³-hybridized carbons (Fsp3) is 0.417. The predicted molar refractivity (Wildman–Crippen MR) is 117 cm³/mol. The Hall–Kier alpha value is -3.02. The van der Waals surface area contributed by atoms with Crippen LogP contribution in [0.15, 0.2) is 53.6 Å². The molecule has 0 spiro atoms. The summed E-state index contributed by atoms with van der Waals surface area (Å²) in [4.78, 5) is 12.6. The van der Waals surface area contributed by atoms with Gasteiger partial charge < -0.3 is 0 Å². The average Bonchev–Trinajstić information content (AvgIpc) is 3.31. The number of para-hydroxylation sites is 1. The van der Waals surface area contributed by atoms with Gasteiger partial charge >= 0.3 is 0 Å². The number of hydrazone groups is 1. The second-order valence-corrected chi connectivity index (χ2v) is 9.43. The molecule has 3 aromatic rings. The monoisotopic (exact) mass is 401 g/mol. The summed E-state index contributed by atoms with van der Waals surface area (Å²) in [6.07, 6.45) is 3.42. The first-order chi connectivity index (χ1) is 14.4. The summed E-state index contributed by atoms with van der Waals surface area (Å²) < 4.78 is 1.87. The zero-order valence-corrected chi connectivity index (χ0v) is 17.7. The lowest BCUT2D eigenvalue weighted by Crippen LogP contribution is -2.34. The maximum Gasteiger partial charge on any atom is 0.271 e. The van der Waals surface area contributed by atoms with Crippen LogP contribution in [0.4, 0.5) is 0 Å². The van der Waals surface area contributed by atoms with Gasteiger partial charge in [0, 0.05) is 16.7 Å². The van der Waals surface area contributed by atoms with Crippen LogP contribution in [0.5, 0.6) is 0 Å². The lowest BCUT2D eigenvalue weighted by Gasteiger charge is -2.34. The molecule has 2 aliphatic carbocycles. The van der Waals surface area contributed by atoms with Gasteiger partial charge in [-0.15, -0.1) is 5.10 Å². The molecular formula is C24H27N5O. The standard InChI is InChI=1S/C24H27N5O/c1-23(2)18-12-13-24(23,3)21(14-18)26-27-22(30)17-10-8-16(9-11-17)15-29-20-7-5-4-6-19(20)25-28-29/h4-11,18H,12-15H2,1-3H3,(H,27,30)/b26-21+/t18-,24+/m0/s1. The first-order valence-electron chi connectivity index (χ1n) is 10.6. The Morgan fingerprint density at radius 1 is 1.17 bits per heavy atom. The van der Waals surface area contributed by atoms with E-state index in [9.17, 15) is 4.79 Å². The molecule has 1 aromatic heterocycles. The minimum absolute atomic E-state index is 0.0926. The highest BCUT2D eigenvalue weighted by molar-refractivity contribution is 5.98. The Labute approximate surface area is 176 Å². The van der Waals surface area contributed by atoms with Gasteiger partial charge in [-0.05, 0) is 60.4 Å². The second-order valence-electron chi connectivity index (χ2n) is 9.43. The first kappa shape index (κ1) is 19.0. The van der Waals surface area contributed by atoms with Crippen LogP contribution in [0.3, 0.4) is 0 Å². The third kappa shape index (κ3) is 2.85. The van der Waals surface area contributed by atoms with E-state index >= 15 is 0 Å². The van der Waals surface area contributed by atoms with Crippen molar-refractivity contribution >= 4 is 22.7 Å². The van der Waals surface area contributed by atoms with Gasteiger partial charge in [0.05, 0.1) is 12.1 Å². The van der Waals surface area contributed by atoms with E-state index in [0.29, 0.717) is 18.0 Å². The topological polar surface area (TPSA) is 72.2 Å². The van der Waals surface area contributed by atoms with Crippen LogP contribution in [-0.2, 0) is 6.54 Å². The van der Waals surface area contributed by atoms with Crippen molar-refractivity contribution < 1.29 is 4.79 Å². The van der Waals surface area contributed by atoms with E-state index in [-0.39, 0.29) is 16.7 Å². The molecule has 0 saturated heterocycles. The van der Waals surface area contributed by atoms with E-state index in [1.54, 1.807) is 0 Å². The number of amides is 1. The first-order valence-corrected chi connectivity index (χ1v) is 10.6. The number of hydrogen-bond acceptors (Lipinski definition) is 4. The van der Waals surface area contributed by atoms with Crippen LogP contribution >= 0.6 is 0 Å². The summed E-state index contributed by atoms with van der Waals surface area (Å²) in [5.41, 5.74) is 7.84. The molecule has 1 N–H and O–H groups in total. The number of fused-ring (bicyclic) bond motifs is 3. The van der Waals surface area contributed by atoms with Gasteiger partial charge in [0.25, 0.3) is 5.91 Å². The number of carbonyl (C=O) groups is 1. The molecule has 6 nitrogen and oxygen atoms in total. The van der Waals surface area contributed by atoms with Crippen LogP contribution in [0.2, 0.25) is 0 Å². The van der Waals surface area contributed by atoms with Gasteiger partial charge in [0.1, 0.15) is 5.52 Å². The molecule has 0 aliphatic heterocycles. The molecule has 1 amide bonds. The van der Waals surface area contributed by atoms with E-state index in [4.69, 9.17) is 0 Å². The van der Waals surface area contributed by atoms with Crippen molar-refractivity contribution in [1.29, 1.82) is 0 Å². The summed E-state index contributed by atoms with van der Waals surface area (Å²) in [5.74, 6) is 0.509. The summed E-state index contributed by atoms with van der Waals surface area (Å²) in [7, 11) is 0. The van der Waals surface area contributed by atoms with E-state index in [2.05, 4.69) is 41.6 Å². The number of hydrogen-bond donors (Lipinski definition) is 1. The largest absolute Gasteiger partial charge is 0.271 e. The number of nitrogens with one attached hydrogen (secondary N) is 1. The molecule has 30 heavy (non-hydrogen) atoms. The number of aromatic nitrogens is 3. The van der Waals surface area contributed by atoms with E-state index < -0.39 is 0 Å². The van der Waals surface area contributed by atoms with Crippen molar-refractivity contribution in [2.75, 3.05) is 0 Å². The molecule has 6 heteroatoms. The highest BCUT2D eigenvalue weighted by atomic mass is 16.2. The number of benzene rings is 2. The summed E-state index contributed by atoms with van der Waals surface area (Å²) in [5, 5.41) is 13.0. The van der Waals surface area contributed by atoms with Crippen molar-refractivity contribution in [1.82, 2.24) is 20.4 Å². The zero-order valence-electron chi connectivity index (χ0n) is 17.7. The van der Waals surface area contributed by atoms with Crippen molar-refractivity contribution in [3.8, 4) is 0 Å². The van der Waals surface area contributed by atoms with Crippen molar-refractivity contribution in [3.63, 3.8) is 0 Å². The molecule has 2 aliphatic rings. The third-order valence-corrected chi connectivity index (χ3v) is 7.77. The van der Waals surface area contributed by atoms with Crippen LogP contribution in [0.25, 0.3) is 11.0 Å². The SMILES string of the molecule is CC1(C)[C@H]2CC[C@]1(C)/C(=N/NC(=O)c1ccc(Cn3nnc4ccccc43)cc1)C2. The van der Waals surface area contributed by atoms with Crippen LogP contribution in [0.1, 0.15) is 56.0 Å². The molecule has 2 saturated carbocycles. The van der Waals surface area contributed by atoms with E-state index in [1.165, 1.54) is 6.42 Å². The predicted octanol–water partition coefficient (Wildman–Crippen LogP) is 4.41. The fourth-order valence-electron chi connectivity index (χ4n) is 5.25. The number of carbonyl (C=O) groups excluding carboxylic acids is 1. The summed E-state index contributed by atoms with van der Waals surface area (Å²) >= 11 is 0. The van der Waals surface area contributed by atoms with Gasteiger partial charge in [-0.1, -0.05) is 50.3 Å². The van der Waals surface area contributed by atoms with E-state index in [1.807, 2.05) is 53.2 Å². The van der Waals surface area contributed by atoms with Gasteiger partial charge in [0.15, 0.2) is 0 Å². The molecule has 0 unspecified atom stereocenters. The smallest absolute Gasteiger partial charge is 0.267 e. The van der Waals surface area contributed by atoms with Gasteiger partial charge in [0.2, 0.25) is 0 Å². The molecule has 2 bridgehead atoms. The van der Waals surface area contributed by atoms with Crippen LogP contribution < -0.4 is 5.43 Å². The Kier molecular flexibility index (Phi) is 4.27. The second kappa shape index (κ2) is 6.76. The van der Waals surface area contributed by atoms with Crippen molar-refractivity contribution in [2.45, 2.75) is 46.6 Å². The minimum Gasteiger partial charge on any atom is -0.267 e. The van der Waals surface area contributed by atoms with E-state index in [0.717, 1.165) is 35.2 Å². The average molecular weight is 402 g/mol. The molecule has 5 rings (SSSR count).